The van der Waals surface area contributed by atoms with Crippen LogP contribution in [0, 0.1) is 20.2 Å². The molecule has 9 nitrogen and oxygen atoms in total. The zero-order chi connectivity index (χ0) is 17.6. The van der Waals surface area contributed by atoms with Gasteiger partial charge in [-0.25, -0.2) is 0 Å². The first kappa shape index (κ1) is 18.9. The smallest absolute Gasteiger partial charge is 0.312 e. The van der Waals surface area contributed by atoms with Crippen LogP contribution in [0.2, 0.25) is 0 Å². The first-order valence-electron chi connectivity index (χ1n) is 6.43. The fourth-order valence-corrected chi connectivity index (χ4v) is 2.48. The molecule has 1 rings (SSSR count). The van der Waals surface area contributed by atoms with Gasteiger partial charge >= 0.3 is 5.69 Å². The second kappa shape index (κ2) is 8.49. The average Bonchev–Trinajstić information content (AvgIpc) is 2.52. The van der Waals surface area contributed by atoms with Crippen molar-refractivity contribution >= 4 is 46.2 Å². The molecule has 126 valence electrons. The molecule has 0 radical (unpaired) electrons. The monoisotopic (exact) mass is 364 g/mol. The predicted octanol–water partition coefficient (Wildman–Crippen LogP) is 2.15. The fourth-order valence-electron chi connectivity index (χ4n) is 2.07. The summed E-state index contributed by atoms with van der Waals surface area (Å²) >= 11 is 11.3. The van der Waals surface area contributed by atoms with Gasteiger partial charge in [-0.05, 0) is 6.07 Å². The van der Waals surface area contributed by atoms with Crippen molar-refractivity contribution in [3.63, 3.8) is 0 Å². The molecule has 0 aromatic heterocycles. The van der Waals surface area contributed by atoms with Gasteiger partial charge in [0.15, 0.2) is 5.69 Å². The van der Waals surface area contributed by atoms with E-state index in [0.717, 1.165) is 12.1 Å². The number of carbonyl (C=O) groups is 1. The largest absolute Gasteiger partial charge is 0.358 e. The molecule has 0 atom stereocenters. The van der Waals surface area contributed by atoms with Crippen molar-refractivity contribution in [1.29, 1.82) is 0 Å². The van der Waals surface area contributed by atoms with E-state index in [0.29, 0.717) is 0 Å². The lowest BCUT2D eigenvalue weighted by Crippen LogP contribution is -2.30. The van der Waals surface area contributed by atoms with E-state index in [9.17, 15) is 25.0 Å². The molecule has 23 heavy (non-hydrogen) atoms. The van der Waals surface area contributed by atoms with Gasteiger partial charge in [0.25, 0.3) is 11.6 Å². The lowest BCUT2D eigenvalue weighted by Gasteiger charge is -2.22. The molecule has 0 spiro atoms. The third-order valence-corrected chi connectivity index (χ3v) is 3.34. The SMILES string of the molecule is CNC(=O)c1ccc([N+](=O)[O-])c(N(CCCl)CCCl)c1[N+](=O)[O-]. The van der Waals surface area contributed by atoms with Crippen molar-refractivity contribution in [3.8, 4) is 0 Å². The summed E-state index contributed by atoms with van der Waals surface area (Å²) in [6.07, 6.45) is 0. The van der Waals surface area contributed by atoms with Crippen molar-refractivity contribution < 1.29 is 14.6 Å². The highest BCUT2D eigenvalue weighted by Crippen LogP contribution is 2.40. The number of nitro benzene ring substituents is 2. The number of benzene rings is 1. The maximum Gasteiger partial charge on any atom is 0.312 e. The summed E-state index contributed by atoms with van der Waals surface area (Å²) in [5.41, 5.74) is -1.68. The molecule has 0 unspecified atom stereocenters. The first-order chi connectivity index (χ1) is 10.9. The summed E-state index contributed by atoms with van der Waals surface area (Å²) in [6.45, 7) is 0.209. The van der Waals surface area contributed by atoms with Crippen LogP contribution in [0.4, 0.5) is 17.1 Å². The Kier molecular flexibility index (Phi) is 6.98. The number of carbonyl (C=O) groups excluding carboxylic acids is 1. The molecule has 1 amide bonds. The molecule has 0 heterocycles. The van der Waals surface area contributed by atoms with E-state index < -0.39 is 27.1 Å². The Morgan fingerprint density at radius 1 is 1.17 bits per heavy atom. The summed E-state index contributed by atoms with van der Waals surface area (Å²) in [5.74, 6) is -0.560. The van der Waals surface area contributed by atoms with Crippen LogP contribution in [-0.2, 0) is 0 Å². The molecule has 1 aromatic rings. The van der Waals surface area contributed by atoms with Gasteiger partial charge in [-0.15, -0.1) is 23.2 Å². The molecular weight excluding hydrogens is 351 g/mol. The van der Waals surface area contributed by atoms with Crippen LogP contribution in [0.1, 0.15) is 10.4 Å². The number of hydrogen-bond donors (Lipinski definition) is 1. The van der Waals surface area contributed by atoms with E-state index in [1.165, 1.54) is 11.9 Å². The lowest BCUT2D eigenvalue weighted by molar-refractivity contribution is -0.392. The number of halogens is 2. The van der Waals surface area contributed by atoms with E-state index in [1.54, 1.807) is 0 Å². The van der Waals surface area contributed by atoms with Gasteiger partial charge in [-0.3, -0.25) is 25.0 Å². The third kappa shape index (κ3) is 4.20. The van der Waals surface area contributed by atoms with E-state index in [1.807, 2.05) is 0 Å². The molecule has 11 heteroatoms. The fraction of sp³-hybridized carbons (Fsp3) is 0.417. The van der Waals surface area contributed by atoms with Gasteiger partial charge in [-0.2, -0.15) is 0 Å². The molecule has 0 fully saturated rings. The molecule has 0 saturated heterocycles. The van der Waals surface area contributed by atoms with E-state index in [4.69, 9.17) is 23.2 Å². The Bertz CT molecular complexity index is 620. The minimum atomic E-state index is -0.817. The van der Waals surface area contributed by atoms with E-state index in [-0.39, 0.29) is 36.1 Å². The molecule has 1 aromatic carbocycles. The first-order valence-corrected chi connectivity index (χ1v) is 7.50. The van der Waals surface area contributed by atoms with E-state index in [2.05, 4.69) is 5.32 Å². The van der Waals surface area contributed by atoms with Crippen molar-refractivity contribution in [2.75, 3.05) is 36.8 Å². The summed E-state index contributed by atoms with van der Waals surface area (Å²) in [6, 6.07) is 2.11. The molecule has 0 aliphatic heterocycles. The molecular formula is C12H14Cl2N4O5. The maximum atomic E-state index is 11.9. The number of alkyl halides is 2. The number of rotatable bonds is 8. The second-order valence-corrected chi connectivity index (χ2v) is 5.04. The lowest BCUT2D eigenvalue weighted by atomic mass is 10.1. The molecule has 0 saturated carbocycles. The number of anilines is 1. The van der Waals surface area contributed by atoms with Crippen LogP contribution in [0.5, 0.6) is 0 Å². The van der Waals surface area contributed by atoms with Crippen LogP contribution >= 0.6 is 23.2 Å². The zero-order valence-corrected chi connectivity index (χ0v) is 13.6. The van der Waals surface area contributed by atoms with Crippen molar-refractivity contribution in [2.24, 2.45) is 0 Å². The normalized spacial score (nSPS) is 10.2. The van der Waals surface area contributed by atoms with Crippen LogP contribution in [-0.4, -0.2) is 47.7 Å². The number of amides is 1. The van der Waals surface area contributed by atoms with Gasteiger partial charge in [0.05, 0.1) is 9.85 Å². The van der Waals surface area contributed by atoms with Gasteiger partial charge in [0, 0.05) is 38.0 Å². The highest BCUT2D eigenvalue weighted by atomic mass is 35.5. The predicted molar refractivity (Wildman–Crippen MR) is 86.8 cm³/mol. The van der Waals surface area contributed by atoms with Crippen LogP contribution in [0.15, 0.2) is 12.1 Å². The Hall–Kier alpha value is -2.13. The van der Waals surface area contributed by atoms with Gasteiger partial charge < -0.3 is 10.2 Å². The van der Waals surface area contributed by atoms with Crippen molar-refractivity contribution in [3.05, 3.63) is 37.9 Å². The van der Waals surface area contributed by atoms with Crippen LogP contribution < -0.4 is 10.2 Å². The van der Waals surface area contributed by atoms with Gasteiger partial charge in [0.2, 0.25) is 0 Å². The summed E-state index contributed by atoms with van der Waals surface area (Å²) < 4.78 is 0. The third-order valence-electron chi connectivity index (χ3n) is 3.01. The minimum Gasteiger partial charge on any atom is -0.358 e. The Balaban J connectivity index is 3.73. The van der Waals surface area contributed by atoms with E-state index >= 15 is 0 Å². The highest BCUT2D eigenvalue weighted by Gasteiger charge is 2.34. The Morgan fingerprint density at radius 3 is 2.13 bits per heavy atom. The molecule has 0 aliphatic rings. The number of nitrogens with one attached hydrogen (secondary N) is 1. The Morgan fingerprint density at radius 2 is 1.74 bits per heavy atom. The summed E-state index contributed by atoms with van der Waals surface area (Å²) in [4.78, 5) is 34.3. The highest BCUT2D eigenvalue weighted by molar-refractivity contribution is 6.18. The average molecular weight is 365 g/mol. The number of nitrogens with zero attached hydrogens (tertiary/aromatic N) is 3. The molecule has 1 N–H and O–H groups in total. The van der Waals surface area contributed by atoms with Crippen LogP contribution in [0.3, 0.4) is 0 Å². The maximum absolute atomic E-state index is 11.9. The van der Waals surface area contributed by atoms with Gasteiger partial charge in [0.1, 0.15) is 5.56 Å². The Labute approximate surface area is 141 Å². The summed E-state index contributed by atoms with van der Waals surface area (Å²) in [5, 5.41) is 25.0. The summed E-state index contributed by atoms with van der Waals surface area (Å²) in [7, 11) is 1.31. The van der Waals surface area contributed by atoms with Crippen LogP contribution in [0.25, 0.3) is 0 Å². The quantitative estimate of drug-likeness (QED) is 0.428. The number of hydrogen-bond acceptors (Lipinski definition) is 6. The number of nitro groups is 2. The molecule has 0 bridgehead atoms. The zero-order valence-electron chi connectivity index (χ0n) is 12.1. The molecule has 0 aliphatic carbocycles. The van der Waals surface area contributed by atoms with Gasteiger partial charge in [-0.1, -0.05) is 0 Å². The van der Waals surface area contributed by atoms with Crippen molar-refractivity contribution in [1.82, 2.24) is 5.32 Å². The standard InChI is InChI=1S/C12H14Cl2N4O5/c1-15-12(19)8-2-3-9(17(20)21)11(10(8)18(22)23)16(6-4-13)7-5-14/h2-3H,4-7H2,1H3,(H,15,19). The van der Waals surface area contributed by atoms with Crippen molar-refractivity contribution in [2.45, 2.75) is 0 Å². The minimum absolute atomic E-state index is 0.0788. The second-order valence-electron chi connectivity index (χ2n) is 4.29. The topological polar surface area (TPSA) is 119 Å².